The lowest BCUT2D eigenvalue weighted by atomic mass is 10.0. The third-order valence-electron chi connectivity index (χ3n) is 9.66. The zero-order valence-electron chi connectivity index (χ0n) is 34.1. The largest absolute Gasteiger partial charge is 0.480 e. The van der Waals surface area contributed by atoms with Crippen LogP contribution in [-0.2, 0) is 46.4 Å². The average Bonchev–Trinajstić information content (AvgIpc) is 3.63. The number of benzene rings is 2. The van der Waals surface area contributed by atoms with E-state index in [1.165, 1.54) is 6.92 Å². The molecule has 0 saturated carbocycles. The topological polar surface area (TPSA) is 320 Å². The lowest BCUT2D eigenvalue weighted by Crippen LogP contribution is -2.60. The predicted molar refractivity (Wildman–Crippen MR) is 222 cm³/mol. The Morgan fingerprint density at radius 1 is 0.633 bits per heavy atom. The number of aromatic nitrogens is 1. The van der Waals surface area contributed by atoms with Gasteiger partial charge in [-0.25, -0.2) is 4.79 Å². The normalized spacial score (nSPS) is 14.7. The molecular weight excluding hydrogens is 779 g/mol. The van der Waals surface area contributed by atoms with Crippen LogP contribution in [0.2, 0.25) is 0 Å². The highest BCUT2D eigenvalue weighted by molar-refractivity contribution is 5.97. The van der Waals surface area contributed by atoms with Crippen LogP contribution in [0, 0.1) is 5.92 Å². The molecule has 3 aromatic rings. The van der Waals surface area contributed by atoms with Crippen molar-refractivity contribution in [3.8, 4) is 0 Å². The molecule has 1 heterocycles. The van der Waals surface area contributed by atoms with Gasteiger partial charge in [0.2, 0.25) is 35.4 Å². The molecule has 0 spiro atoms. The molecule has 0 aliphatic rings. The van der Waals surface area contributed by atoms with Gasteiger partial charge in [0.05, 0.1) is 19.3 Å². The van der Waals surface area contributed by atoms with Crippen molar-refractivity contribution in [2.45, 2.75) is 102 Å². The van der Waals surface area contributed by atoms with E-state index in [4.69, 9.17) is 11.5 Å². The Morgan fingerprint density at radius 3 is 1.77 bits per heavy atom. The Labute approximate surface area is 348 Å². The second-order valence-corrected chi connectivity index (χ2v) is 15.0. The van der Waals surface area contributed by atoms with Crippen LogP contribution in [0.3, 0.4) is 0 Å². The minimum atomic E-state index is -1.61. The summed E-state index contributed by atoms with van der Waals surface area (Å²) in [5.74, 6) is -6.41. The van der Waals surface area contributed by atoms with E-state index in [-0.39, 0.29) is 25.2 Å². The summed E-state index contributed by atoms with van der Waals surface area (Å²) in [5, 5.41) is 45.5. The minimum Gasteiger partial charge on any atom is -0.480 e. The van der Waals surface area contributed by atoms with Crippen molar-refractivity contribution in [1.82, 2.24) is 36.9 Å². The van der Waals surface area contributed by atoms with Gasteiger partial charge in [0.1, 0.15) is 36.3 Å². The summed E-state index contributed by atoms with van der Waals surface area (Å²) in [7, 11) is 0. The first-order chi connectivity index (χ1) is 28.6. The number of aliphatic carboxylic acids is 1. The SMILES string of the molecule is CC(C)C[C@H](NC(=O)[C@@H](N)CCCCN)C(=O)N[C@@H](CO)C(=O)N[C@@H](C)C(=O)N[C@@H](Cc1c[nH]c2ccccc12)C(=O)N[C@@H](CO)C(=O)N[C@@H](Cc1ccccc1)C(=O)O. The number of aromatic amines is 1. The number of aliphatic hydroxyl groups is 2. The first-order valence-corrected chi connectivity index (χ1v) is 19.9. The maximum absolute atomic E-state index is 13.8. The number of carbonyl (C=O) groups excluding carboxylic acids is 6. The fourth-order valence-electron chi connectivity index (χ4n) is 6.28. The lowest BCUT2D eigenvalue weighted by Gasteiger charge is -2.26. The lowest BCUT2D eigenvalue weighted by molar-refractivity contribution is -0.142. The second kappa shape index (κ2) is 24.3. The Hall–Kier alpha value is -5.89. The number of unbranched alkanes of at least 4 members (excludes halogenated alkanes) is 1. The minimum absolute atomic E-state index is 0.0580. The fourth-order valence-corrected chi connectivity index (χ4v) is 6.28. The predicted octanol–water partition coefficient (Wildman–Crippen LogP) is -1.55. The van der Waals surface area contributed by atoms with Gasteiger partial charge in [-0.3, -0.25) is 28.8 Å². The molecule has 0 radical (unpaired) electrons. The monoisotopic (exact) mass is 837 g/mol. The first-order valence-electron chi connectivity index (χ1n) is 19.9. The number of nitrogens with one attached hydrogen (secondary N) is 7. The Bertz CT molecular complexity index is 1910. The van der Waals surface area contributed by atoms with E-state index >= 15 is 0 Å². The number of carboxylic acid groups (broad SMARTS) is 1. The van der Waals surface area contributed by atoms with Crippen molar-refractivity contribution < 1.29 is 48.9 Å². The molecule has 3 rings (SSSR count). The van der Waals surface area contributed by atoms with Crippen LogP contribution in [0.15, 0.2) is 60.8 Å². The quantitative estimate of drug-likeness (QED) is 0.0432. The number of nitrogens with two attached hydrogens (primary N) is 2. The maximum Gasteiger partial charge on any atom is 0.326 e. The highest BCUT2D eigenvalue weighted by Crippen LogP contribution is 2.19. The third-order valence-corrected chi connectivity index (χ3v) is 9.66. The molecule has 7 atom stereocenters. The van der Waals surface area contributed by atoms with Crippen LogP contribution >= 0.6 is 0 Å². The molecule has 0 fully saturated rings. The Kier molecular flexibility index (Phi) is 19.6. The van der Waals surface area contributed by atoms with Gasteiger partial charge in [-0.1, -0.05) is 68.8 Å². The zero-order chi connectivity index (χ0) is 44.4. The van der Waals surface area contributed by atoms with E-state index in [0.717, 1.165) is 10.9 Å². The summed E-state index contributed by atoms with van der Waals surface area (Å²) in [6.45, 7) is 3.64. The summed E-state index contributed by atoms with van der Waals surface area (Å²) >= 11 is 0. The molecule has 0 unspecified atom stereocenters. The van der Waals surface area contributed by atoms with Crippen LogP contribution in [0.5, 0.6) is 0 Å². The van der Waals surface area contributed by atoms with Gasteiger partial charge in [0.25, 0.3) is 0 Å². The molecular formula is C41H59N9O10. The van der Waals surface area contributed by atoms with Crippen LogP contribution < -0.4 is 43.4 Å². The molecule has 19 heteroatoms. The smallest absolute Gasteiger partial charge is 0.326 e. The van der Waals surface area contributed by atoms with Crippen molar-refractivity contribution >= 4 is 52.3 Å². The molecule has 328 valence electrons. The zero-order valence-corrected chi connectivity index (χ0v) is 34.1. The summed E-state index contributed by atoms with van der Waals surface area (Å²) < 4.78 is 0. The summed E-state index contributed by atoms with van der Waals surface area (Å²) in [4.78, 5) is 95.1. The van der Waals surface area contributed by atoms with E-state index in [0.29, 0.717) is 36.9 Å². The van der Waals surface area contributed by atoms with Crippen LogP contribution in [0.4, 0.5) is 0 Å². The number of hydrogen-bond acceptors (Lipinski definition) is 11. The van der Waals surface area contributed by atoms with Gasteiger partial charge in [0, 0.05) is 29.9 Å². The van der Waals surface area contributed by atoms with Gasteiger partial charge in [-0.05, 0) is 55.8 Å². The van der Waals surface area contributed by atoms with Crippen molar-refractivity contribution in [3.05, 3.63) is 71.9 Å². The van der Waals surface area contributed by atoms with E-state index in [2.05, 4.69) is 36.9 Å². The highest BCUT2D eigenvalue weighted by Gasteiger charge is 2.33. The van der Waals surface area contributed by atoms with E-state index < -0.39 is 96.9 Å². The van der Waals surface area contributed by atoms with Crippen molar-refractivity contribution in [1.29, 1.82) is 0 Å². The molecule has 14 N–H and O–H groups in total. The van der Waals surface area contributed by atoms with Crippen molar-refractivity contribution in [2.24, 2.45) is 17.4 Å². The summed E-state index contributed by atoms with van der Waals surface area (Å²) in [5.41, 5.74) is 13.5. The number of amides is 6. The molecule has 0 bridgehead atoms. The molecule has 0 saturated heterocycles. The molecule has 6 amide bonds. The number of carboxylic acids is 1. The molecule has 2 aromatic carbocycles. The van der Waals surface area contributed by atoms with Gasteiger partial charge < -0.3 is 63.7 Å². The first kappa shape index (κ1) is 48.5. The van der Waals surface area contributed by atoms with E-state index in [1.54, 1.807) is 60.8 Å². The number of H-pyrrole nitrogens is 1. The van der Waals surface area contributed by atoms with Crippen LogP contribution in [-0.4, -0.2) is 124 Å². The number of aliphatic hydroxyl groups excluding tert-OH is 2. The molecule has 1 aromatic heterocycles. The number of carbonyl (C=O) groups is 7. The second-order valence-electron chi connectivity index (χ2n) is 15.0. The van der Waals surface area contributed by atoms with E-state index in [1.807, 2.05) is 13.8 Å². The van der Waals surface area contributed by atoms with Crippen LogP contribution in [0.1, 0.15) is 57.6 Å². The standard InChI is InChI=1S/C41H59N9O10/c1-23(2)17-30(47-36(54)28(43)14-9-10-16-42)37(55)49-33(21-51)39(57)45-24(3)35(53)46-31(19-26-20-44-29-15-8-7-13-27(26)29)38(56)50-34(22-52)40(58)48-32(41(59)60)18-25-11-5-4-6-12-25/h4-8,11-13,15,20,23-24,28,30-34,44,51-52H,9-10,14,16-19,21-22,42-43H2,1-3H3,(H,45,57)(H,46,53)(H,47,54)(H,48,58)(H,49,55)(H,50,56)(H,59,60)/t24-,28-,30-,31-,32-,33-,34-/m0/s1. The number of fused-ring (bicyclic) bond motifs is 1. The highest BCUT2D eigenvalue weighted by atomic mass is 16.4. The van der Waals surface area contributed by atoms with Gasteiger partial charge in [0.15, 0.2) is 0 Å². The van der Waals surface area contributed by atoms with Gasteiger partial charge in [-0.15, -0.1) is 0 Å². The van der Waals surface area contributed by atoms with Crippen molar-refractivity contribution in [2.75, 3.05) is 19.8 Å². The number of rotatable bonds is 25. The molecule has 19 nitrogen and oxygen atoms in total. The summed E-state index contributed by atoms with van der Waals surface area (Å²) in [6, 6.07) is 6.46. The molecule has 0 aliphatic heterocycles. The maximum atomic E-state index is 13.8. The van der Waals surface area contributed by atoms with E-state index in [9.17, 15) is 48.9 Å². The average molecular weight is 838 g/mol. The number of hydrogen-bond donors (Lipinski definition) is 12. The van der Waals surface area contributed by atoms with Gasteiger partial charge >= 0.3 is 5.97 Å². The van der Waals surface area contributed by atoms with Crippen molar-refractivity contribution in [3.63, 3.8) is 0 Å². The number of para-hydroxylation sites is 1. The van der Waals surface area contributed by atoms with Gasteiger partial charge in [-0.2, -0.15) is 0 Å². The Balaban J connectivity index is 1.73. The fraction of sp³-hybridized carbons (Fsp3) is 0.488. The third kappa shape index (κ3) is 15.0. The van der Waals surface area contributed by atoms with Crippen LogP contribution in [0.25, 0.3) is 10.9 Å². The molecule has 0 aliphatic carbocycles. The summed E-state index contributed by atoms with van der Waals surface area (Å²) in [6.07, 6.45) is 3.28. The molecule has 60 heavy (non-hydrogen) atoms. The Morgan fingerprint density at radius 2 is 1.17 bits per heavy atom.